The highest BCUT2D eigenvalue weighted by Gasteiger charge is 2.14. The Morgan fingerprint density at radius 1 is 1.25 bits per heavy atom. The van der Waals surface area contributed by atoms with Gasteiger partial charge in [0.25, 0.3) is 0 Å². The third kappa shape index (κ3) is 2.65. The van der Waals surface area contributed by atoms with Crippen molar-refractivity contribution in [3.8, 4) is 11.4 Å². The van der Waals surface area contributed by atoms with Crippen LogP contribution in [-0.4, -0.2) is 46.1 Å². The summed E-state index contributed by atoms with van der Waals surface area (Å²) in [6, 6.07) is 2.29. The first-order chi connectivity index (χ1) is 9.74. The van der Waals surface area contributed by atoms with E-state index in [-0.39, 0.29) is 0 Å². The molecule has 20 heavy (non-hydrogen) atoms. The minimum absolute atomic E-state index is 0.339. The van der Waals surface area contributed by atoms with Crippen molar-refractivity contribution in [1.29, 1.82) is 0 Å². The summed E-state index contributed by atoms with van der Waals surface area (Å²) in [4.78, 5) is 11.2. The van der Waals surface area contributed by atoms with Gasteiger partial charge in [-0.3, -0.25) is 4.68 Å². The van der Waals surface area contributed by atoms with Crippen molar-refractivity contribution in [2.24, 2.45) is 0 Å². The molecule has 2 aromatic rings. The Bertz CT molecular complexity index is 574. The Labute approximate surface area is 118 Å². The summed E-state index contributed by atoms with van der Waals surface area (Å²) in [6.45, 7) is 7.46. The molecule has 3 rings (SSSR count). The van der Waals surface area contributed by atoms with Gasteiger partial charge in [-0.05, 0) is 19.9 Å². The minimum Gasteiger partial charge on any atom is -0.378 e. The number of nitrogens with zero attached hydrogens (tertiary/aromatic N) is 5. The van der Waals surface area contributed by atoms with E-state index in [0.717, 1.165) is 43.5 Å². The van der Waals surface area contributed by atoms with Crippen molar-refractivity contribution in [2.75, 3.05) is 31.2 Å². The van der Waals surface area contributed by atoms with Crippen molar-refractivity contribution >= 4 is 5.82 Å². The lowest BCUT2D eigenvalue weighted by atomic mass is 10.3. The molecule has 3 heterocycles. The molecular weight excluding hydrogens is 254 g/mol. The number of aromatic nitrogens is 4. The summed E-state index contributed by atoms with van der Waals surface area (Å²) in [5.41, 5.74) is 0.953. The van der Waals surface area contributed by atoms with E-state index in [0.29, 0.717) is 6.04 Å². The van der Waals surface area contributed by atoms with E-state index in [1.54, 1.807) is 6.20 Å². The van der Waals surface area contributed by atoms with Crippen LogP contribution in [0.25, 0.3) is 11.4 Å². The Morgan fingerprint density at radius 2 is 2.05 bits per heavy atom. The topological polar surface area (TPSA) is 56.1 Å². The number of anilines is 1. The molecule has 0 atom stereocenters. The quantitative estimate of drug-likeness (QED) is 0.853. The molecule has 1 fully saturated rings. The van der Waals surface area contributed by atoms with E-state index in [9.17, 15) is 0 Å². The zero-order chi connectivity index (χ0) is 13.9. The average molecular weight is 273 g/mol. The van der Waals surface area contributed by atoms with Gasteiger partial charge in [0.15, 0.2) is 5.82 Å². The molecule has 0 N–H and O–H groups in total. The van der Waals surface area contributed by atoms with Crippen LogP contribution in [0.4, 0.5) is 5.82 Å². The normalized spacial score (nSPS) is 15.8. The fraction of sp³-hybridized carbons (Fsp3) is 0.500. The van der Waals surface area contributed by atoms with Gasteiger partial charge in [-0.2, -0.15) is 5.10 Å². The van der Waals surface area contributed by atoms with Gasteiger partial charge in [0.05, 0.1) is 25.0 Å². The van der Waals surface area contributed by atoms with Crippen LogP contribution < -0.4 is 4.90 Å². The standard InChI is InChI=1S/C14H19N5O/c1-11(2)19-10-12(9-16-19)14-15-4-3-13(17-14)18-5-7-20-8-6-18/h3-4,9-11H,5-8H2,1-2H3. The van der Waals surface area contributed by atoms with Crippen LogP contribution in [0.15, 0.2) is 24.7 Å². The van der Waals surface area contributed by atoms with E-state index in [4.69, 9.17) is 4.74 Å². The Kier molecular flexibility index (Phi) is 3.64. The van der Waals surface area contributed by atoms with Gasteiger partial charge in [-0.15, -0.1) is 0 Å². The molecule has 0 spiro atoms. The predicted molar refractivity (Wildman–Crippen MR) is 76.7 cm³/mol. The van der Waals surface area contributed by atoms with Crippen LogP contribution in [-0.2, 0) is 4.74 Å². The molecule has 2 aromatic heterocycles. The van der Waals surface area contributed by atoms with Crippen LogP contribution in [0.1, 0.15) is 19.9 Å². The predicted octanol–water partition coefficient (Wildman–Crippen LogP) is 1.76. The SMILES string of the molecule is CC(C)n1cc(-c2nccc(N3CCOCC3)n2)cn1. The molecule has 1 aliphatic heterocycles. The van der Waals surface area contributed by atoms with Gasteiger partial charge in [-0.25, -0.2) is 9.97 Å². The largest absolute Gasteiger partial charge is 0.378 e. The summed E-state index contributed by atoms with van der Waals surface area (Å²) in [5.74, 6) is 1.68. The molecule has 0 radical (unpaired) electrons. The van der Waals surface area contributed by atoms with Crippen molar-refractivity contribution in [3.05, 3.63) is 24.7 Å². The third-order valence-corrected chi connectivity index (χ3v) is 3.36. The van der Waals surface area contributed by atoms with Crippen LogP contribution in [0.2, 0.25) is 0 Å². The lowest BCUT2D eigenvalue weighted by Crippen LogP contribution is -2.36. The number of morpholine rings is 1. The third-order valence-electron chi connectivity index (χ3n) is 3.36. The maximum absolute atomic E-state index is 5.37. The second-order valence-corrected chi connectivity index (χ2v) is 5.14. The highest BCUT2D eigenvalue weighted by molar-refractivity contribution is 5.55. The number of rotatable bonds is 3. The maximum atomic E-state index is 5.37. The zero-order valence-electron chi connectivity index (χ0n) is 11.9. The molecule has 1 aliphatic rings. The molecule has 106 valence electrons. The van der Waals surface area contributed by atoms with E-state index < -0.39 is 0 Å². The highest BCUT2D eigenvalue weighted by atomic mass is 16.5. The molecule has 6 nitrogen and oxygen atoms in total. The van der Waals surface area contributed by atoms with Crippen LogP contribution >= 0.6 is 0 Å². The van der Waals surface area contributed by atoms with Crippen molar-refractivity contribution in [2.45, 2.75) is 19.9 Å². The molecule has 0 aliphatic carbocycles. The van der Waals surface area contributed by atoms with Gasteiger partial charge < -0.3 is 9.64 Å². The average Bonchev–Trinajstić information content (AvgIpc) is 2.98. The second-order valence-electron chi connectivity index (χ2n) is 5.14. The van der Waals surface area contributed by atoms with E-state index >= 15 is 0 Å². The maximum Gasteiger partial charge on any atom is 0.164 e. The van der Waals surface area contributed by atoms with Crippen molar-refractivity contribution in [1.82, 2.24) is 19.7 Å². The fourth-order valence-corrected chi connectivity index (χ4v) is 2.19. The highest BCUT2D eigenvalue weighted by Crippen LogP contribution is 2.19. The molecule has 0 unspecified atom stereocenters. The van der Waals surface area contributed by atoms with Gasteiger partial charge in [0, 0.05) is 31.5 Å². The van der Waals surface area contributed by atoms with Gasteiger partial charge in [0.1, 0.15) is 5.82 Å². The van der Waals surface area contributed by atoms with E-state index in [1.165, 1.54) is 0 Å². The Hall–Kier alpha value is -1.95. The second kappa shape index (κ2) is 5.58. The molecule has 0 bridgehead atoms. The first kappa shape index (κ1) is 13.1. The van der Waals surface area contributed by atoms with Gasteiger partial charge in [-0.1, -0.05) is 0 Å². The van der Waals surface area contributed by atoms with Crippen molar-refractivity contribution < 1.29 is 4.74 Å². The molecule has 1 saturated heterocycles. The molecule has 6 heteroatoms. The van der Waals surface area contributed by atoms with Crippen LogP contribution in [0.3, 0.4) is 0 Å². The molecular formula is C14H19N5O. The number of ether oxygens (including phenoxy) is 1. The van der Waals surface area contributed by atoms with Gasteiger partial charge >= 0.3 is 0 Å². The van der Waals surface area contributed by atoms with Crippen LogP contribution in [0, 0.1) is 0 Å². The fourth-order valence-electron chi connectivity index (χ4n) is 2.19. The summed E-state index contributed by atoms with van der Waals surface area (Å²) in [5, 5.41) is 4.34. The lowest BCUT2D eigenvalue weighted by molar-refractivity contribution is 0.122. The summed E-state index contributed by atoms with van der Waals surface area (Å²) >= 11 is 0. The summed E-state index contributed by atoms with van der Waals surface area (Å²) in [7, 11) is 0. The zero-order valence-corrected chi connectivity index (χ0v) is 11.9. The molecule has 0 saturated carbocycles. The molecule has 0 aromatic carbocycles. The minimum atomic E-state index is 0.339. The van der Waals surface area contributed by atoms with Crippen LogP contribution in [0.5, 0.6) is 0 Å². The number of hydrogen-bond donors (Lipinski definition) is 0. The Balaban J connectivity index is 1.86. The monoisotopic (exact) mass is 273 g/mol. The Morgan fingerprint density at radius 3 is 2.75 bits per heavy atom. The smallest absolute Gasteiger partial charge is 0.164 e. The van der Waals surface area contributed by atoms with Crippen molar-refractivity contribution in [3.63, 3.8) is 0 Å². The van der Waals surface area contributed by atoms with E-state index in [1.807, 2.05) is 23.1 Å². The first-order valence-electron chi connectivity index (χ1n) is 6.94. The molecule has 0 amide bonds. The summed E-state index contributed by atoms with van der Waals surface area (Å²) < 4.78 is 7.28. The summed E-state index contributed by atoms with van der Waals surface area (Å²) in [6.07, 6.45) is 5.61. The lowest BCUT2D eigenvalue weighted by Gasteiger charge is -2.27. The first-order valence-corrected chi connectivity index (χ1v) is 6.94. The van der Waals surface area contributed by atoms with Gasteiger partial charge in [0.2, 0.25) is 0 Å². The van der Waals surface area contributed by atoms with E-state index in [2.05, 4.69) is 33.8 Å². The number of hydrogen-bond acceptors (Lipinski definition) is 5.